The van der Waals surface area contributed by atoms with Crippen LogP contribution < -0.4 is 4.74 Å². The van der Waals surface area contributed by atoms with Gasteiger partial charge in [0.1, 0.15) is 0 Å². The molecular formula is C19H23FN4O5S. The standard InChI is InChI=1S/C19H23FN4O5S/c1-4-30(26,27)24-8-14(17-21-12(2)22-29-17)19(11-24)9-23(10-19)18(25)13-5-6-16(28-3)15(20)7-13/h5-7,14H,4,8-11H2,1-3H3. The second kappa shape index (κ2) is 7.31. The molecule has 0 aliphatic carbocycles. The number of hydrogen-bond donors (Lipinski definition) is 0. The highest BCUT2D eigenvalue weighted by Crippen LogP contribution is 2.49. The van der Waals surface area contributed by atoms with Gasteiger partial charge in [0.25, 0.3) is 5.91 Å². The second-order valence-electron chi connectivity index (χ2n) is 7.80. The predicted octanol–water partition coefficient (Wildman–Crippen LogP) is 1.42. The molecule has 2 fully saturated rings. The van der Waals surface area contributed by atoms with Gasteiger partial charge in [0.2, 0.25) is 15.9 Å². The fraction of sp³-hybridized carbons (Fsp3) is 0.526. The lowest BCUT2D eigenvalue weighted by atomic mass is 9.71. The Hall–Kier alpha value is -2.53. The van der Waals surface area contributed by atoms with Crippen LogP contribution in [0, 0.1) is 18.2 Å². The molecule has 30 heavy (non-hydrogen) atoms. The molecule has 9 nitrogen and oxygen atoms in total. The number of aromatic nitrogens is 2. The minimum atomic E-state index is -3.41. The first kappa shape index (κ1) is 20.7. The number of likely N-dealkylation sites (tertiary alicyclic amines) is 1. The maximum Gasteiger partial charge on any atom is 0.254 e. The van der Waals surface area contributed by atoms with E-state index in [9.17, 15) is 17.6 Å². The molecule has 3 heterocycles. The Morgan fingerprint density at radius 2 is 2.10 bits per heavy atom. The zero-order valence-electron chi connectivity index (χ0n) is 17.0. The summed E-state index contributed by atoms with van der Waals surface area (Å²) in [6, 6.07) is 4.07. The normalized spacial score (nSPS) is 21.1. The van der Waals surface area contributed by atoms with Crippen molar-refractivity contribution >= 4 is 15.9 Å². The monoisotopic (exact) mass is 438 g/mol. The van der Waals surface area contributed by atoms with Gasteiger partial charge in [-0.25, -0.2) is 17.1 Å². The number of carbonyl (C=O) groups is 1. The topological polar surface area (TPSA) is 106 Å². The Morgan fingerprint density at radius 3 is 2.67 bits per heavy atom. The van der Waals surface area contributed by atoms with E-state index in [-0.39, 0.29) is 42.0 Å². The van der Waals surface area contributed by atoms with E-state index in [0.29, 0.717) is 24.8 Å². The quantitative estimate of drug-likeness (QED) is 0.695. The molecule has 1 aromatic heterocycles. The van der Waals surface area contributed by atoms with Crippen molar-refractivity contribution < 1.29 is 26.9 Å². The number of rotatable bonds is 5. The van der Waals surface area contributed by atoms with Gasteiger partial charge in [0, 0.05) is 37.2 Å². The molecule has 2 aliphatic rings. The van der Waals surface area contributed by atoms with Gasteiger partial charge in [-0.05, 0) is 32.0 Å². The van der Waals surface area contributed by atoms with Crippen LogP contribution >= 0.6 is 0 Å². The molecule has 1 aromatic carbocycles. The van der Waals surface area contributed by atoms with E-state index in [2.05, 4.69) is 10.1 Å². The number of benzene rings is 1. The molecule has 2 saturated heterocycles. The third-order valence-corrected chi connectivity index (χ3v) is 7.71. The molecule has 2 aromatic rings. The third kappa shape index (κ3) is 3.35. The van der Waals surface area contributed by atoms with E-state index >= 15 is 0 Å². The molecule has 162 valence electrons. The van der Waals surface area contributed by atoms with E-state index in [0.717, 1.165) is 6.07 Å². The predicted molar refractivity (Wildman–Crippen MR) is 104 cm³/mol. The van der Waals surface area contributed by atoms with Crippen LogP contribution in [0.25, 0.3) is 0 Å². The molecule has 0 saturated carbocycles. The number of nitrogens with zero attached hydrogens (tertiary/aromatic N) is 4. The number of halogens is 1. The Morgan fingerprint density at radius 1 is 1.37 bits per heavy atom. The Kier molecular flexibility index (Phi) is 5.05. The smallest absolute Gasteiger partial charge is 0.254 e. The Labute approximate surface area is 173 Å². The zero-order chi connectivity index (χ0) is 21.7. The number of methoxy groups -OCH3 is 1. The van der Waals surface area contributed by atoms with Gasteiger partial charge in [-0.15, -0.1) is 0 Å². The number of sulfonamides is 1. The summed E-state index contributed by atoms with van der Waals surface area (Å²) in [4.78, 5) is 18.7. The molecule has 1 spiro atoms. The highest BCUT2D eigenvalue weighted by molar-refractivity contribution is 7.89. The highest BCUT2D eigenvalue weighted by atomic mass is 32.2. The van der Waals surface area contributed by atoms with Crippen LogP contribution in [0.15, 0.2) is 22.7 Å². The van der Waals surface area contributed by atoms with Crippen molar-refractivity contribution in [3.63, 3.8) is 0 Å². The van der Waals surface area contributed by atoms with Crippen molar-refractivity contribution in [2.75, 3.05) is 39.0 Å². The van der Waals surface area contributed by atoms with Crippen molar-refractivity contribution in [3.8, 4) is 5.75 Å². The largest absolute Gasteiger partial charge is 0.494 e. The maximum atomic E-state index is 14.0. The van der Waals surface area contributed by atoms with Crippen molar-refractivity contribution in [2.24, 2.45) is 5.41 Å². The number of carbonyl (C=O) groups excluding carboxylic acids is 1. The summed E-state index contributed by atoms with van der Waals surface area (Å²) in [5.41, 5.74) is -0.300. The lowest BCUT2D eigenvalue weighted by Gasteiger charge is -2.50. The maximum absolute atomic E-state index is 14.0. The second-order valence-corrected chi connectivity index (χ2v) is 10.1. The summed E-state index contributed by atoms with van der Waals surface area (Å²) in [6.07, 6.45) is 0. The number of hydrogen-bond acceptors (Lipinski definition) is 7. The molecule has 1 amide bonds. The van der Waals surface area contributed by atoms with Gasteiger partial charge in [-0.1, -0.05) is 5.16 Å². The van der Waals surface area contributed by atoms with Gasteiger partial charge in [-0.3, -0.25) is 4.79 Å². The lowest BCUT2D eigenvalue weighted by molar-refractivity contribution is 0.00127. The van der Waals surface area contributed by atoms with Crippen molar-refractivity contribution in [2.45, 2.75) is 19.8 Å². The van der Waals surface area contributed by atoms with Gasteiger partial charge < -0.3 is 14.2 Å². The van der Waals surface area contributed by atoms with Crippen LogP contribution in [0.1, 0.15) is 34.9 Å². The van der Waals surface area contributed by atoms with Crippen molar-refractivity contribution in [1.29, 1.82) is 0 Å². The molecule has 0 N–H and O–H groups in total. The van der Waals surface area contributed by atoms with Crippen LogP contribution in [0.2, 0.25) is 0 Å². The first-order valence-electron chi connectivity index (χ1n) is 9.60. The summed E-state index contributed by atoms with van der Waals surface area (Å²) in [7, 11) is -2.05. The molecule has 0 bridgehead atoms. The van der Waals surface area contributed by atoms with E-state index in [1.807, 2.05) is 0 Å². The molecule has 11 heteroatoms. The number of aryl methyl sites for hydroxylation is 1. The summed E-state index contributed by atoms with van der Waals surface area (Å²) < 4.78 is 50.6. The summed E-state index contributed by atoms with van der Waals surface area (Å²) in [6.45, 7) is 4.45. The van der Waals surface area contributed by atoms with Crippen LogP contribution in [0.5, 0.6) is 5.75 Å². The lowest BCUT2D eigenvalue weighted by Crippen LogP contribution is -2.61. The SMILES string of the molecule is CCS(=O)(=O)N1CC(c2nc(C)no2)C2(CN(C(=O)c3ccc(OC)c(F)c3)C2)C1. The van der Waals surface area contributed by atoms with Crippen LogP contribution in [0.3, 0.4) is 0 Å². The molecule has 4 rings (SSSR count). The van der Waals surface area contributed by atoms with E-state index < -0.39 is 21.3 Å². The van der Waals surface area contributed by atoms with Crippen molar-refractivity contribution in [3.05, 3.63) is 41.3 Å². The van der Waals surface area contributed by atoms with E-state index in [1.165, 1.54) is 23.5 Å². The Bertz CT molecular complexity index is 1080. The fourth-order valence-electron chi connectivity index (χ4n) is 4.27. The Balaban J connectivity index is 1.57. The molecule has 0 radical (unpaired) electrons. The fourth-order valence-corrected chi connectivity index (χ4v) is 5.47. The minimum absolute atomic E-state index is 0.00751. The average Bonchev–Trinajstić information content (AvgIpc) is 3.30. The minimum Gasteiger partial charge on any atom is -0.494 e. The molecule has 1 unspecified atom stereocenters. The number of ether oxygens (including phenoxy) is 1. The van der Waals surface area contributed by atoms with Gasteiger partial charge >= 0.3 is 0 Å². The van der Waals surface area contributed by atoms with Crippen molar-refractivity contribution in [1.82, 2.24) is 19.3 Å². The molecule has 1 atom stereocenters. The summed E-state index contributed by atoms with van der Waals surface area (Å²) >= 11 is 0. The molecule has 2 aliphatic heterocycles. The first-order valence-corrected chi connectivity index (χ1v) is 11.2. The number of amides is 1. The zero-order valence-corrected chi connectivity index (χ0v) is 17.8. The summed E-state index contributed by atoms with van der Waals surface area (Å²) in [5.74, 6) is -0.335. The van der Waals surface area contributed by atoms with Gasteiger partial charge in [-0.2, -0.15) is 4.98 Å². The summed E-state index contributed by atoms with van der Waals surface area (Å²) in [5, 5.41) is 3.83. The highest BCUT2D eigenvalue weighted by Gasteiger charge is 2.59. The van der Waals surface area contributed by atoms with E-state index in [4.69, 9.17) is 9.26 Å². The van der Waals surface area contributed by atoms with E-state index in [1.54, 1.807) is 18.7 Å². The van der Waals surface area contributed by atoms with Crippen LogP contribution in [0.4, 0.5) is 4.39 Å². The van der Waals surface area contributed by atoms with Crippen LogP contribution in [-0.2, 0) is 10.0 Å². The third-order valence-electron chi connectivity index (χ3n) is 5.91. The average molecular weight is 438 g/mol. The van der Waals surface area contributed by atoms with Gasteiger partial charge in [0.05, 0.1) is 18.8 Å². The van der Waals surface area contributed by atoms with Gasteiger partial charge in [0.15, 0.2) is 17.4 Å². The van der Waals surface area contributed by atoms with Crippen LogP contribution in [-0.4, -0.2) is 72.7 Å². The molecular weight excluding hydrogens is 415 g/mol. The first-order chi connectivity index (χ1) is 14.2.